The van der Waals surface area contributed by atoms with Gasteiger partial charge in [0.25, 0.3) is 0 Å². The predicted octanol–water partition coefficient (Wildman–Crippen LogP) is 3.80. The summed E-state index contributed by atoms with van der Waals surface area (Å²) in [5, 5.41) is 0.778. The molecule has 2 aromatic rings. The molecule has 1 heterocycles. The van der Waals surface area contributed by atoms with E-state index in [4.69, 9.17) is 0 Å². The molecule has 2 atom stereocenters. The first-order valence-electron chi connectivity index (χ1n) is 6.93. The topological polar surface area (TPSA) is 48.0 Å². The normalized spacial score (nSPS) is 15.2. The van der Waals surface area contributed by atoms with Gasteiger partial charge in [-0.2, -0.15) is 0 Å². The third-order valence-electron chi connectivity index (χ3n) is 3.26. The standard InChI is InChI=1S/C16H21FN2OS/c1-10-8-12-9-13(17)6-7-14(12)18-15(10)11(2)19-21(20)16(3,4)5/h6-9,11,19H,1-5H3/t11-,21?/m0/s1. The van der Waals surface area contributed by atoms with Crippen molar-refractivity contribution in [3.8, 4) is 0 Å². The van der Waals surface area contributed by atoms with Crippen molar-refractivity contribution in [2.24, 2.45) is 0 Å². The average Bonchev–Trinajstić information content (AvgIpc) is 2.36. The first kappa shape index (κ1) is 16.2. The van der Waals surface area contributed by atoms with Gasteiger partial charge in [-0.25, -0.2) is 4.39 Å². The van der Waals surface area contributed by atoms with E-state index in [1.54, 1.807) is 6.07 Å². The molecular formula is C16H21FN2OS. The molecule has 0 fully saturated rings. The van der Waals surface area contributed by atoms with Crippen molar-refractivity contribution in [3.05, 3.63) is 41.3 Å². The van der Waals surface area contributed by atoms with Gasteiger partial charge in [-0.3, -0.25) is 4.98 Å². The second kappa shape index (κ2) is 5.91. The average molecular weight is 308 g/mol. The van der Waals surface area contributed by atoms with Gasteiger partial charge in [-0.05, 0) is 64.4 Å². The van der Waals surface area contributed by atoms with Crippen molar-refractivity contribution in [1.82, 2.24) is 9.71 Å². The first-order chi connectivity index (χ1) is 9.68. The number of benzene rings is 1. The molecule has 5 heteroatoms. The fraction of sp³-hybridized carbons (Fsp3) is 0.438. The largest absolute Gasteiger partial charge is 0.598 e. The Bertz CT molecular complexity index is 655. The highest BCUT2D eigenvalue weighted by atomic mass is 32.2. The number of aromatic nitrogens is 1. The Balaban J connectivity index is 2.33. The van der Waals surface area contributed by atoms with Crippen molar-refractivity contribution in [1.29, 1.82) is 0 Å². The lowest BCUT2D eigenvalue weighted by Gasteiger charge is -2.26. The Morgan fingerprint density at radius 1 is 1.29 bits per heavy atom. The molecule has 0 radical (unpaired) electrons. The summed E-state index contributed by atoms with van der Waals surface area (Å²) < 4.78 is 28.2. The molecule has 0 bridgehead atoms. The van der Waals surface area contributed by atoms with Gasteiger partial charge in [0.15, 0.2) is 0 Å². The number of rotatable bonds is 3. The van der Waals surface area contributed by atoms with Crippen molar-refractivity contribution in [2.45, 2.75) is 45.4 Å². The van der Waals surface area contributed by atoms with Gasteiger partial charge in [-0.15, -0.1) is 4.72 Å². The third kappa shape index (κ3) is 3.73. The van der Waals surface area contributed by atoms with Gasteiger partial charge in [0.05, 0.1) is 17.3 Å². The first-order valence-corrected chi connectivity index (χ1v) is 8.08. The number of hydrogen-bond donors (Lipinski definition) is 1. The zero-order valence-electron chi connectivity index (χ0n) is 13.0. The van der Waals surface area contributed by atoms with E-state index >= 15 is 0 Å². The monoisotopic (exact) mass is 308 g/mol. The van der Waals surface area contributed by atoms with Crippen LogP contribution in [0.3, 0.4) is 0 Å². The van der Waals surface area contributed by atoms with Crippen LogP contribution in [-0.4, -0.2) is 14.3 Å². The maximum Gasteiger partial charge on any atom is 0.136 e. The van der Waals surface area contributed by atoms with Crippen LogP contribution < -0.4 is 4.72 Å². The highest BCUT2D eigenvalue weighted by molar-refractivity contribution is 7.90. The molecule has 3 nitrogen and oxygen atoms in total. The van der Waals surface area contributed by atoms with Crippen LogP contribution in [-0.2, 0) is 11.4 Å². The summed E-state index contributed by atoms with van der Waals surface area (Å²) in [5.41, 5.74) is 2.54. The van der Waals surface area contributed by atoms with E-state index < -0.39 is 11.4 Å². The van der Waals surface area contributed by atoms with Crippen LogP contribution in [0.4, 0.5) is 4.39 Å². The second-order valence-electron chi connectivity index (χ2n) is 6.25. The summed E-state index contributed by atoms with van der Waals surface area (Å²) in [6.45, 7) is 9.64. The SMILES string of the molecule is Cc1cc2cc(F)ccc2nc1[C@H](C)N[S+]([O-])C(C)(C)C. The molecule has 0 spiro atoms. The molecule has 2 rings (SSSR count). The van der Waals surface area contributed by atoms with Crippen LogP contribution >= 0.6 is 0 Å². The Hall–Kier alpha value is -1.17. The van der Waals surface area contributed by atoms with Crippen molar-refractivity contribution in [3.63, 3.8) is 0 Å². The second-order valence-corrected chi connectivity index (χ2v) is 8.25. The minimum Gasteiger partial charge on any atom is -0.598 e. The maximum absolute atomic E-state index is 13.3. The molecule has 21 heavy (non-hydrogen) atoms. The van der Waals surface area contributed by atoms with E-state index in [-0.39, 0.29) is 16.6 Å². The van der Waals surface area contributed by atoms with Gasteiger partial charge >= 0.3 is 0 Å². The highest BCUT2D eigenvalue weighted by Gasteiger charge is 2.29. The lowest BCUT2D eigenvalue weighted by Crippen LogP contribution is -2.40. The molecule has 0 amide bonds. The number of nitrogens with zero attached hydrogens (tertiary/aromatic N) is 1. The fourth-order valence-electron chi connectivity index (χ4n) is 2.10. The van der Waals surface area contributed by atoms with Crippen LogP contribution in [0.1, 0.15) is 45.0 Å². The molecule has 0 saturated heterocycles. The predicted molar refractivity (Wildman–Crippen MR) is 85.9 cm³/mol. The van der Waals surface area contributed by atoms with Gasteiger partial charge in [0.2, 0.25) is 0 Å². The van der Waals surface area contributed by atoms with Gasteiger partial charge in [-0.1, -0.05) is 0 Å². The van der Waals surface area contributed by atoms with Crippen LogP contribution in [0.2, 0.25) is 0 Å². The molecule has 1 N–H and O–H groups in total. The summed E-state index contributed by atoms with van der Waals surface area (Å²) >= 11 is -1.16. The zero-order chi connectivity index (χ0) is 15.8. The fourth-order valence-corrected chi connectivity index (χ4v) is 2.89. The number of aryl methyl sites for hydroxylation is 1. The molecule has 114 valence electrons. The van der Waals surface area contributed by atoms with Crippen LogP contribution in [0.25, 0.3) is 10.9 Å². The number of pyridine rings is 1. The van der Waals surface area contributed by atoms with Gasteiger partial charge < -0.3 is 4.55 Å². The van der Waals surface area contributed by atoms with Crippen LogP contribution in [0, 0.1) is 12.7 Å². The zero-order valence-corrected chi connectivity index (χ0v) is 13.8. The van der Waals surface area contributed by atoms with E-state index in [0.29, 0.717) is 0 Å². The quantitative estimate of drug-likeness (QED) is 0.878. The summed E-state index contributed by atoms with van der Waals surface area (Å²) in [6.07, 6.45) is 0. The summed E-state index contributed by atoms with van der Waals surface area (Å²) in [5.74, 6) is -0.267. The van der Waals surface area contributed by atoms with Gasteiger partial charge in [0.1, 0.15) is 10.6 Å². The summed E-state index contributed by atoms with van der Waals surface area (Å²) in [6, 6.07) is 6.32. The Labute approximate surface area is 128 Å². The Morgan fingerprint density at radius 3 is 2.57 bits per heavy atom. The van der Waals surface area contributed by atoms with Gasteiger partial charge in [0, 0.05) is 16.7 Å². The van der Waals surface area contributed by atoms with Crippen molar-refractivity contribution in [2.75, 3.05) is 0 Å². The van der Waals surface area contributed by atoms with Crippen molar-refractivity contribution < 1.29 is 8.94 Å². The van der Waals surface area contributed by atoms with E-state index in [2.05, 4.69) is 9.71 Å². The Kier molecular flexibility index (Phi) is 4.56. The molecule has 0 aliphatic heterocycles. The van der Waals surface area contributed by atoms with E-state index in [1.807, 2.05) is 40.7 Å². The molecule has 1 aromatic carbocycles. The number of halogens is 1. The molecule has 1 aromatic heterocycles. The smallest absolute Gasteiger partial charge is 0.136 e. The lowest BCUT2D eigenvalue weighted by molar-refractivity contribution is 0.529. The van der Waals surface area contributed by atoms with Crippen LogP contribution in [0.15, 0.2) is 24.3 Å². The minimum atomic E-state index is -1.16. The number of fused-ring (bicyclic) bond motifs is 1. The van der Waals surface area contributed by atoms with E-state index in [0.717, 1.165) is 22.2 Å². The molecule has 0 saturated carbocycles. The summed E-state index contributed by atoms with van der Waals surface area (Å²) in [7, 11) is 0. The Morgan fingerprint density at radius 2 is 1.95 bits per heavy atom. The number of nitrogens with one attached hydrogen (secondary N) is 1. The molecule has 0 aliphatic rings. The third-order valence-corrected chi connectivity index (χ3v) is 4.94. The molecule has 0 aliphatic carbocycles. The minimum absolute atomic E-state index is 0.139. The number of hydrogen-bond acceptors (Lipinski definition) is 3. The molecular weight excluding hydrogens is 287 g/mol. The highest BCUT2D eigenvalue weighted by Crippen LogP contribution is 2.24. The lowest BCUT2D eigenvalue weighted by atomic mass is 10.1. The molecule has 1 unspecified atom stereocenters. The van der Waals surface area contributed by atoms with Crippen LogP contribution in [0.5, 0.6) is 0 Å². The van der Waals surface area contributed by atoms with E-state index in [9.17, 15) is 8.94 Å². The van der Waals surface area contributed by atoms with Crippen molar-refractivity contribution >= 4 is 22.3 Å². The maximum atomic E-state index is 13.3. The van der Waals surface area contributed by atoms with E-state index in [1.165, 1.54) is 12.1 Å². The summed E-state index contributed by atoms with van der Waals surface area (Å²) in [4.78, 5) is 4.59.